The van der Waals surface area contributed by atoms with E-state index in [9.17, 15) is 32.8 Å². The monoisotopic (exact) mass is 254 g/mol. The normalized spacial score (nSPS) is 13.5. The Kier molecular flexibility index (Phi) is 3.23. The molecule has 0 amide bonds. The van der Waals surface area contributed by atoms with E-state index in [4.69, 9.17) is 5.73 Å². The zero-order valence-electron chi connectivity index (χ0n) is 8.03. The molecule has 94 valence electrons. The van der Waals surface area contributed by atoms with Crippen molar-refractivity contribution < 1.29 is 27.6 Å². The maximum absolute atomic E-state index is 12.9. The second kappa shape index (κ2) is 4.17. The number of aromatic hydroxyl groups is 1. The molecule has 0 aliphatic heterocycles. The van der Waals surface area contributed by atoms with Gasteiger partial charge in [-0.1, -0.05) is 0 Å². The standard InChI is InChI=1S/C8H6F4N2O3/c9-4-2-1-3(7(13)8(10,11)12)6(15)5(4)14(16)17/h1-2,7,15H,13H2/t7-/m1/s1. The number of phenolic OH excluding ortho intramolecular Hbond substituents is 1. The zero-order valence-corrected chi connectivity index (χ0v) is 8.03. The van der Waals surface area contributed by atoms with Gasteiger partial charge in [-0.25, -0.2) is 0 Å². The third kappa shape index (κ3) is 2.44. The van der Waals surface area contributed by atoms with Gasteiger partial charge in [0.05, 0.1) is 4.92 Å². The average Bonchev–Trinajstić information content (AvgIpc) is 2.15. The number of benzene rings is 1. The fourth-order valence-electron chi connectivity index (χ4n) is 1.17. The molecule has 0 bridgehead atoms. The van der Waals surface area contributed by atoms with Gasteiger partial charge in [0.2, 0.25) is 11.6 Å². The number of halogens is 4. The Morgan fingerprint density at radius 1 is 1.41 bits per heavy atom. The molecule has 0 aliphatic carbocycles. The minimum absolute atomic E-state index is 0.443. The van der Waals surface area contributed by atoms with Gasteiger partial charge >= 0.3 is 11.9 Å². The van der Waals surface area contributed by atoms with Gasteiger partial charge in [0.1, 0.15) is 6.04 Å². The molecule has 1 rings (SSSR count). The summed E-state index contributed by atoms with van der Waals surface area (Å²) in [5.74, 6) is -2.86. The average molecular weight is 254 g/mol. The summed E-state index contributed by atoms with van der Waals surface area (Å²) in [5.41, 5.74) is 2.38. The molecule has 0 saturated carbocycles. The molecule has 0 fully saturated rings. The summed E-state index contributed by atoms with van der Waals surface area (Å²) in [6.45, 7) is 0. The third-order valence-corrected chi connectivity index (χ3v) is 2.00. The van der Waals surface area contributed by atoms with Crippen LogP contribution < -0.4 is 5.73 Å². The van der Waals surface area contributed by atoms with Crippen LogP contribution in [0.5, 0.6) is 5.75 Å². The summed E-state index contributed by atoms with van der Waals surface area (Å²) < 4.78 is 49.7. The molecule has 1 aromatic carbocycles. The first-order chi connectivity index (χ1) is 7.66. The molecule has 9 heteroatoms. The van der Waals surface area contributed by atoms with Crippen LogP contribution >= 0.6 is 0 Å². The Morgan fingerprint density at radius 3 is 2.35 bits per heavy atom. The van der Waals surface area contributed by atoms with E-state index in [1.54, 1.807) is 0 Å². The van der Waals surface area contributed by atoms with Crippen LogP contribution in [0.3, 0.4) is 0 Å². The van der Waals surface area contributed by atoms with Gasteiger partial charge in [-0.2, -0.15) is 17.6 Å². The van der Waals surface area contributed by atoms with Crippen LogP contribution in [0.1, 0.15) is 11.6 Å². The predicted octanol–water partition coefficient (Wildman–Crippen LogP) is 2.00. The second-order valence-electron chi connectivity index (χ2n) is 3.11. The SMILES string of the molecule is N[C@H](c1ccc(F)c([N+](=O)[O-])c1O)C(F)(F)F. The van der Waals surface area contributed by atoms with E-state index in [1.807, 2.05) is 0 Å². The molecule has 0 heterocycles. The first-order valence-electron chi connectivity index (χ1n) is 4.14. The van der Waals surface area contributed by atoms with Crippen molar-refractivity contribution in [1.29, 1.82) is 0 Å². The highest BCUT2D eigenvalue weighted by atomic mass is 19.4. The molecule has 0 radical (unpaired) electrons. The Labute approximate surface area is 91.6 Å². The zero-order chi connectivity index (χ0) is 13.4. The minimum Gasteiger partial charge on any atom is -0.502 e. The largest absolute Gasteiger partial charge is 0.502 e. The van der Waals surface area contributed by atoms with E-state index in [2.05, 4.69) is 0 Å². The molecule has 3 N–H and O–H groups in total. The molecular formula is C8H6F4N2O3. The number of nitro benzene ring substituents is 1. The van der Waals surface area contributed by atoms with Crippen molar-refractivity contribution in [2.45, 2.75) is 12.2 Å². The Morgan fingerprint density at radius 2 is 1.94 bits per heavy atom. The summed E-state index contributed by atoms with van der Waals surface area (Å²) >= 11 is 0. The number of hydrogen-bond donors (Lipinski definition) is 2. The molecule has 0 spiro atoms. The van der Waals surface area contributed by atoms with E-state index in [-0.39, 0.29) is 0 Å². The van der Waals surface area contributed by atoms with Crippen LogP contribution in [-0.4, -0.2) is 16.2 Å². The topological polar surface area (TPSA) is 89.4 Å². The van der Waals surface area contributed by atoms with Crippen LogP contribution in [0.4, 0.5) is 23.2 Å². The molecule has 0 saturated heterocycles. The van der Waals surface area contributed by atoms with E-state index in [0.29, 0.717) is 12.1 Å². The van der Waals surface area contributed by atoms with Crippen molar-refractivity contribution in [2.75, 3.05) is 0 Å². The van der Waals surface area contributed by atoms with Crippen molar-refractivity contribution in [3.63, 3.8) is 0 Å². The molecule has 0 unspecified atom stereocenters. The molecule has 17 heavy (non-hydrogen) atoms. The lowest BCUT2D eigenvalue weighted by molar-refractivity contribution is -0.388. The van der Waals surface area contributed by atoms with Gasteiger partial charge < -0.3 is 10.8 Å². The lowest BCUT2D eigenvalue weighted by Crippen LogP contribution is -2.28. The van der Waals surface area contributed by atoms with Crippen LogP contribution in [0, 0.1) is 15.9 Å². The van der Waals surface area contributed by atoms with Crippen molar-refractivity contribution in [3.8, 4) is 5.75 Å². The number of nitrogens with two attached hydrogens (primary N) is 1. The first-order valence-corrected chi connectivity index (χ1v) is 4.14. The van der Waals surface area contributed by atoms with Gasteiger partial charge in [-0.15, -0.1) is 0 Å². The summed E-state index contributed by atoms with van der Waals surface area (Å²) in [4.78, 5) is 9.03. The number of hydrogen-bond acceptors (Lipinski definition) is 4. The fraction of sp³-hybridized carbons (Fsp3) is 0.250. The lowest BCUT2D eigenvalue weighted by atomic mass is 10.0. The van der Waals surface area contributed by atoms with Gasteiger partial charge in [-0.05, 0) is 12.1 Å². The maximum Gasteiger partial charge on any atom is 0.407 e. The van der Waals surface area contributed by atoms with E-state index in [0.717, 1.165) is 0 Å². The summed E-state index contributed by atoms with van der Waals surface area (Å²) in [6, 6.07) is -1.63. The molecule has 0 aromatic heterocycles. The molecule has 1 aromatic rings. The smallest absolute Gasteiger partial charge is 0.407 e. The first kappa shape index (κ1) is 13.2. The van der Waals surface area contributed by atoms with Crippen LogP contribution in [0.25, 0.3) is 0 Å². The van der Waals surface area contributed by atoms with Crippen LogP contribution in [0.2, 0.25) is 0 Å². The van der Waals surface area contributed by atoms with Gasteiger partial charge in [0.25, 0.3) is 0 Å². The highest BCUT2D eigenvalue weighted by Gasteiger charge is 2.41. The molecule has 1 atom stereocenters. The second-order valence-corrected chi connectivity index (χ2v) is 3.11. The van der Waals surface area contributed by atoms with E-state index < -0.39 is 40.0 Å². The Balaban J connectivity index is 3.39. The van der Waals surface area contributed by atoms with Crippen molar-refractivity contribution in [1.82, 2.24) is 0 Å². The highest BCUT2D eigenvalue weighted by molar-refractivity contribution is 5.53. The predicted molar refractivity (Wildman–Crippen MR) is 47.7 cm³/mol. The van der Waals surface area contributed by atoms with Gasteiger partial charge in [0, 0.05) is 5.56 Å². The van der Waals surface area contributed by atoms with E-state index >= 15 is 0 Å². The maximum atomic E-state index is 12.9. The van der Waals surface area contributed by atoms with Gasteiger partial charge in [0.15, 0.2) is 0 Å². The van der Waals surface area contributed by atoms with Crippen molar-refractivity contribution in [3.05, 3.63) is 33.6 Å². The highest BCUT2D eigenvalue weighted by Crippen LogP contribution is 2.40. The number of alkyl halides is 3. The summed E-state index contributed by atoms with van der Waals surface area (Å²) in [6.07, 6.45) is -4.90. The molecule has 0 aliphatic rings. The number of nitrogens with zero attached hydrogens (tertiary/aromatic N) is 1. The quantitative estimate of drug-likeness (QED) is 0.480. The fourth-order valence-corrected chi connectivity index (χ4v) is 1.17. The lowest BCUT2D eigenvalue weighted by Gasteiger charge is -2.16. The van der Waals surface area contributed by atoms with E-state index in [1.165, 1.54) is 0 Å². The molecular weight excluding hydrogens is 248 g/mol. The van der Waals surface area contributed by atoms with Crippen LogP contribution in [-0.2, 0) is 0 Å². The van der Waals surface area contributed by atoms with Gasteiger partial charge in [-0.3, -0.25) is 10.1 Å². The molecule has 5 nitrogen and oxygen atoms in total. The Bertz CT molecular complexity index is 461. The summed E-state index contributed by atoms with van der Waals surface area (Å²) in [5, 5.41) is 19.6. The number of phenols is 1. The van der Waals surface area contributed by atoms with Crippen LogP contribution in [0.15, 0.2) is 12.1 Å². The Hall–Kier alpha value is -1.90. The van der Waals surface area contributed by atoms with Crippen molar-refractivity contribution in [2.24, 2.45) is 5.73 Å². The number of nitro groups is 1. The van der Waals surface area contributed by atoms with Crippen molar-refractivity contribution >= 4 is 5.69 Å². The number of rotatable bonds is 2. The minimum atomic E-state index is -4.90. The summed E-state index contributed by atoms with van der Waals surface area (Å²) in [7, 11) is 0. The third-order valence-electron chi connectivity index (χ3n) is 2.00.